The highest BCUT2D eigenvalue weighted by Gasteiger charge is 2.67. The van der Waals surface area contributed by atoms with Crippen LogP contribution in [0.4, 0.5) is 5.69 Å². The van der Waals surface area contributed by atoms with Crippen LogP contribution in [0.25, 0.3) is 6.08 Å². The number of primary amides is 1. The summed E-state index contributed by atoms with van der Waals surface area (Å²) in [5.74, 6) is -2.02. The lowest BCUT2D eigenvalue weighted by atomic mass is 9.84. The maximum absolute atomic E-state index is 13.5. The van der Waals surface area contributed by atoms with Crippen LogP contribution in [-0.4, -0.2) is 30.9 Å². The van der Waals surface area contributed by atoms with Gasteiger partial charge in [-0.2, -0.15) is 0 Å². The van der Waals surface area contributed by atoms with E-state index >= 15 is 0 Å². The smallest absolute Gasteiger partial charge is 0.277 e. The number of nitrogens with zero attached hydrogens (tertiary/aromatic N) is 1. The van der Waals surface area contributed by atoms with Gasteiger partial charge in [-0.1, -0.05) is 24.3 Å². The first-order valence-electron chi connectivity index (χ1n) is 9.48. The van der Waals surface area contributed by atoms with E-state index in [0.717, 1.165) is 16.0 Å². The van der Waals surface area contributed by atoms with E-state index in [9.17, 15) is 14.4 Å². The Kier molecular flexibility index (Phi) is 3.82. The molecule has 5 rings (SSSR count). The second-order valence-corrected chi connectivity index (χ2v) is 7.58. The minimum Gasteiger partial charge on any atom is -0.497 e. The van der Waals surface area contributed by atoms with Crippen molar-refractivity contribution in [3.63, 3.8) is 0 Å². The molecule has 2 saturated heterocycles. The molecular formula is C22H20N3O4+. The van der Waals surface area contributed by atoms with Gasteiger partial charge < -0.3 is 10.5 Å². The fourth-order valence-corrected chi connectivity index (χ4v) is 5.06. The second kappa shape index (κ2) is 6.28. The molecule has 0 radical (unpaired) electrons. The van der Waals surface area contributed by atoms with Crippen molar-refractivity contribution in [3.8, 4) is 5.75 Å². The third-order valence-corrected chi connectivity index (χ3v) is 6.26. The Morgan fingerprint density at radius 3 is 2.41 bits per heavy atom. The van der Waals surface area contributed by atoms with Crippen LogP contribution >= 0.6 is 0 Å². The molecule has 2 aromatic carbocycles. The summed E-state index contributed by atoms with van der Waals surface area (Å²) in [5.41, 5.74) is 8.14. The van der Waals surface area contributed by atoms with Crippen molar-refractivity contribution in [1.29, 1.82) is 0 Å². The summed E-state index contributed by atoms with van der Waals surface area (Å²) in [6.07, 6.45) is 3.79. The lowest BCUT2D eigenvalue weighted by molar-refractivity contribution is -0.884. The number of methoxy groups -OCH3 is 1. The minimum absolute atomic E-state index is 0.290. The molecule has 29 heavy (non-hydrogen) atoms. The van der Waals surface area contributed by atoms with Crippen LogP contribution in [0.3, 0.4) is 0 Å². The van der Waals surface area contributed by atoms with E-state index in [1.54, 1.807) is 31.4 Å². The van der Waals surface area contributed by atoms with Gasteiger partial charge in [-0.3, -0.25) is 19.3 Å². The normalized spacial score (nSPS) is 29.4. The number of quaternary nitrogens is 1. The van der Waals surface area contributed by atoms with Gasteiger partial charge in [0.25, 0.3) is 5.91 Å². The van der Waals surface area contributed by atoms with Crippen LogP contribution < -0.4 is 20.3 Å². The highest BCUT2D eigenvalue weighted by atomic mass is 16.5. The van der Waals surface area contributed by atoms with Crippen molar-refractivity contribution < 1.29 is 24.0 Å². The van der Waals surface area contributed by atoms with Gasteiger partial charge in [0.15, 0.2) is 6.04 Å². The van der Waals surface area contributed by atoms with Crippen molar-refractivity contribution in [3.05, 3.63) is 65.9 Å². The monoisotopic (exact) mass is 390 g/mol. The SMILES string of the molecule is COc1ccc(N2C(=O)[C@@H]3[C@H](C2=O)[C@@H]2c4ccccc4C=C[NH+]2[C@@H]3C(N)=O)cc1. The molecule has 146 valence electrons. The summed E-state index contributed by atoms with van der Waals surface area (Å²) in [6, 6.07) is 13.4. The Morgan fingerprint density at radius 1 is 1.03 bits per heavy atom. The Labute approximate surface area is 167 Å². The maximum atomic E-state index is 13.5. The molecule has 3 N–H and O–H groups in total. The van der Waals surface area contributed by atoms with Gasteiger partial charge in [0.2, 0.25) is 11.8 Å². The predicted molar refractivity (Wildman–Crippen MR) is 105 cm³/mol. The van der Waals surface area contributed by atoms with Gasteiger partial charge >= 0.3 is 0 Å². The van der Waals surface area contributed by atoms with Crippen LogP contribution in [0.2, 0.25) is 0 Å². The van der Waals surface area contributed by atoms with Crippen LogP contribution in [-0.2, 0) is 14.4 Å². The first-order chi connectivity index (χ1) is 14.0. The zero-order valence-electron chi connectivity index (χ0n) is 15.7. The highest BCUT2D eigenvalue weighted by Crippen LogP contribution is 2.44. The van der Waals surface area contributed by atoms with Crippen LogP contribution in [0, 0.1) is 11.8 Å². The summed E-state index contributed by atoms with van der Waals surface area (Å²) in [6.45, 7) is 0. The van der Waals surface area contributed by atoms with Crippen molar-refractivity contribution in [2.75, 3.05) is 12.0 Å². The number of amides is 3. The maximum Gasteiger partial charge on any atom is 0.277 e. The molecule has 3 heterocycles. The average Bonchev–Trinajstić information content (AvgIpc) is 3.21. The fourth-order valence-electron chi connectivity index (χ4n) is 5.06. The third kappa shape index (κ3) is 2.37. The standard InChI is InChI=1S/C22H19N3O4/c1-29-14-8-6-13(7-9-14)25-21(27)16-17(22(25)28)19(20(23)26)24-11-10-12-4-2-3-5-15(12)18(16)24/h2-11,16-19H,1H3,(H2,23,26)/p+1/t16-,17+,18-,19-/m0/s1. The number of ether oxygens (including phenoxy) is 1. The molecule has 0 spiro atoms. The molecule has 2 fully saturated rings. The van der Waals surface area contributed by atoms with Crippen LogP contribution in [0.5, 0.6) is 5.75 Å². The topological polar surface area (TPSA) is 94.1 Å². The van der Waals surface area contributed by atoms with E-state index in [1.807, 2.05) is 36.5 Å². The summed E-state index contributed by atoms with van der Waals surface area (Å²) < 4.78 is 5.16. The average molecular weight is 390 g/mol. The zero-order valence-corrected chi connectivity index (χ0v) is 15.7. The predicted octanol–water partition coefficient (Wildman–Crippen LogP) is 0.279. The van der Waals surface area contributed by atoms with Gasteiger partial charge in [-0.15, -0.1) is 0 Å². The van der Waals surface area contributed by atoms with E-state index in [0.29, 0.717) is 11.4 Å². The quantitative estimate of drug-likeness (QED) is 0.736. The Morgan fingerprint density at radius 2 is 1.72 bits per heavy atom. The van der Waals surface area contributed by atoms with Gasteiger partial charge in [0.1, 0.15) is 23.6 Å². The molecule has 7 nitrogen and oxygen atoms in total. The molecule has 5 atom stereocenters. The van der Waals surface area contributed by atoms with Gasteiger partial charge in [-0.05, 0) is 35.9 Å². The van der Waals surface area contributed by atoms with Gasteiger partial charge in [0.05, 0.1) is 19.0 Å². The first-order valence-corrected chi connectivity index (χ1v) is 9.48. The lowest BCUT2D eigenvalue weighted by Crippen LogP contribution is -3.12. The summed E-state index contributed by atoms with van der Waals surface area (Å²) >= 11 is 0. The van der Waals surface area contributed by atoms with E-state index < -0.39 is 23.8 Å². The molecule has 2 aromatic rings. The molecule has 3 aliphatic rings. The van der Waals surface area contributed by atoms with Gasteiger partial charge in [0, 0.05) is 5.56 Å². The molecule has 0 saturated carbocycles. The van der Waals surface area contributed by atoms with Gasteiger partial charge in [-0.25, -0.2) is 4.90 Å². The summed E-state index contributed by atoms with van der Waals surface area (Å²) in [5, 5.41) is 0. The Balaban J connectivity index is 1.62. The molecule has 1 unspecified atom stereocenters. The molecule has 0 aliphatic carbocycles. The lowest BCUT2D eigenvalue weighted by Gasteiger charge is -2.30. The van der Waals surface area contributed by atoms with Crippen molar-refractivity contribution in [2.45, 2.75) is 12.1 Å². The number of benzene rings is 2. The van der Waals surface area contributed by atoms with E-state index in [4.69, 9.17) is 10.5 Å². The fraction of sp³-hybridized carbons (Fsp3) is 0.227. The van der Waals surface area contributed by atoms with E-state index in [2.05, 4.69) is 0 Å². The number of fused-ring (bicyclic) bond motifs is 5. The molecule has 3 aliphatic heterocycles. The zero-order chi connectivity index (χ0) is 20.3. The molecule has 3 amide bonds. The number of anilines is 1. The summed E-state index contributed by atoms with van der Waals surface area (Å²) in [7, 11) is 1.55. The Bertz CT molecular complexity index is 1060. The molecule has 0 bridgehead atoms. The van der Waals surface area contributed by atoms with E-state index in [-0.39, 0.29) is 17.9 Å². The Hall–Kier alpha value is -3.45. The second-order valence-electron chi connectivity index (χ2n) is 7.58. The van der Waals surface area contributed by atoms with Crippen LogP contribution in [0.15, 0.2) is 54.7 Å². The van der Waals surface area contributed by atoms with Crippen molar-refractivity contribution in [2.24, 2.45) is 17.6 Å². The number of imide groups is 1. The third-order valence-electron chi connectivity index (χ3n) is 6.26. The molecule has 0 aromatic heterocycles. The number of nitrogens with two attached hydrogens (primary N) is 1. The minimum atomic E-state index is -0.783. The number of rotatable bonds is 3. The molecular weight excluding hydrogens is 370 g/mol. The highest BCUT2D eigenvalue weighted by molar-refractivity contribution is 6.23. The number of nitrogens with one attached hydrogen (secondary N) is 1. The summed E-state index contributed by atoms with van der Waals surface area (Å²) in [4.78, 5) is 41.1. The van der Waals surface area contributed by atoms with Crippen molar-refractivity contribution >= 4 is 29.5 Å². The number of carbonyl (C=O) groups is 3. The number of hydrogen-bond donors (Lipinski definition) is 2. The largest absolute Gasteiger partial charge is 0.497 e. The number of hydrogen-bond acceptors (Lipinski definition) is 4. The van der Waals surface area contributed by atoms with E-state index in [1.165, 1.54) is 4.90 Å². The number of carbonyl (C=O) groups excluding carboxylic acids is 3. The van der Waals surface area contributed by atoms with Crippen LogP contribution in [0.1, 0.15) is 17.2 Å². The first kappa shape index (κ1) is 17.6. The van der Waals surface area contributed by atoms with Crippen molar-refractivity contribution in [1.82, 2.24) is 0 Å². The molecule has 7 heteroatoms.